The molecule has 0 aliphatic carbocycles. The second kappa shape index (κ2) is 10.5. The molecular formula is C24H28N2O6S. The van der Waals surface area contributed by atoms with Crippen molar-refractivity contribution in [1.29, 1.82) is 0 Å². The molecule has 0 spiro atoms. The summed E-state index contributed by atoms with van der Waals surface area (Å²) in [6.07, 6.45) is 1.13. The first-order valence-corrected chi connectivity index (χ1v) is 12.2. The number of benzene rings is 2. The number of rotatable bonds is 10. The van der Waals surface area contributed by atoms with Gasteiger partial charge >= 0.3 is 0 Å². The molecule has 176 valence electrons. The molecular weight excluding hydrogens is 444 g/mol. The maximum absolute atomic E-state index is 13.2. The summed E-state index contributed by atoms with van der Waals surface area (Å²) in [6, 6.07) is 13.7. The van der Waals surface area contributed by atoms with E-state index >= 15 is 0 Å². The van der Waals surface area contributed by atoms with Crippen LogP contribution in [0.4, 0.5) is 0 Å². The van der Waals surface area contributed by atoms with Gasteiger partial charge in [0.2, 0.25) is 5.91 Å². The number of hydrogen-bond acceptors (Lipinski definition) is 6. The van der Waals surface area contributed by atoms with Crippen LogP contribution < -0.4 is 14.8 Å². The monoisotopic (exact) mass is 472 g/mol. The predicted molar refractivity (Wildman–Crippen MR) is 125 cm³/mol. The largest absolute Gasteiger partial charge is 0.497 e. The van der Waals surface area contributed by atoms with Crippen LogP contribution in [0.15, 0.2) is 54.1 Å². The van der Waals surface area contributed by atoms with Gasteiger partial charge in [0.15, 0.2) is 0 Å². The maximum atomic E-state index is 13.2. The fourth-order valence-corrected chi connectivity index (χ4v) is 5.28. The highest BCUT2D eigenvalue weighted by Gasteiger charge is 2.44. The average Bonchev–Trinajstić information content (AvgIpc) is 3.01. The van der Waals surface area contributed by atoms with Crippen LogP contribution in [0.2, 0.25) is 0 Å². The third kappa shape index (κ3) is 5.36. The van der Waals surface area contributed by atoms with Crippen LogP contribution in [-0.4, -0.2) is 44.8 Å². The van der Waals surface area contributed by atoms with Gasteiger partial charge in [0.05, 0.1) is 13.7 Å². The zero-order valence-corrected chi connectivity index (χ0v) is 19.8. The van der Waals surface area contributed by atoms with Gasteiger partial charge in [0.1, 0.15) is 22.9 Å². The Bertz CT molecular complexity index is 1140. The number of nitrogens with zero attached hydrogens (tertiary/aromatic N) is 1. The molecule has 1 N–H and O–H groups in total. The van der Waals surface area contributed by atoms with E-state index in [1.54, 1.807) is 31.2 Å². The predicted octanol–water partition coefficient (Wildman–Crippen LogP) is 3.09. The molecule has 2 aromatic carbocycles. The van der Waals surface area contributed by atoms with E-state index in [0.29, 0.717) is 22.2 Å². The molecule has 1 aliphatic rings. The topological polar surface area (TPSA) is 102 Å². The molecule has 1 aliphatic heterocycles. The van der Waals surface area contributed by atoms with Gasteiger partial charge in [-0.1, -0.05) is 26.0 Å². The van der Waals surface area contributed by atoms with E-state index in [9.17, 15) is 18.0 Å². The molecule has 2 amide bonds. The van der Waals surface area contributed by atoms with Gasteiger partial charge < -0.3 is 14.8 Å². The number of carbonyl (C=O) groups excluding carboxylic acids is 2. The summed E-state index contributed by atoms with van der Waals surface area (Å²) in [7, 11) is -2.65. The van der Waals surface area contributed by atoms with Crippen molar-refractivity contribution in [1.82, 2.24) is 9.62 Å². The Morgan fingerprint density at radius 2 is 1.64 bits per heavy atom. The molecule has 33 heavy (non-hydrogen) atoms. The molecule has 0 bridgehead atoms. The van der Waals surface area contributed by atoms with Crippen LogP contribution >= 0.6 is 0 Å². The van der Waals surface area contributed by atoms with Gasteiger partial charge in [-0.3, -0.25) is 9.59 Å². The zero-order chi connectivity index (χ0) is 24.0. The number of carbonyl (C=O) groups is 2. The Hall–Kier alpha value is -3.33. The van der Waals surface area contributed by atoms with Crippen molar-refractivity contribution in [2.45, 2.75) is 33.2 Å². The lowest BCUT2D eigenvalue weighted by atomic mass is 10.1. The van der Waals surface area contributed by atoms with Crippen LogP contribution in [-0.2, 0) is 26.2 Å². The molecule has 3 rings (SSSR count). The first kappa shape index (κ1) is 24.3. The number of hydrogen-bond donors (Lipinski definition) is 1. The highest BCUT2D eigenvalue weighted by molar-refractivity contribution is 7.99. The van der Waals surface area contributed by atoms with Crippen molar-refractivity contribution in [2.24, 2.45) is 0 Å². The average molecular weight is 473 g/mol. The molecule has 0 fully saturated rings. The standard InChI is InChI=1S/C24H28N2O6S/c1-4-14-32-20-10-6-17(7-11-20)15-25-22(27)16-26-24(28)21(5-2)23(33(26,29)30)18-8-12-19(31-3)13-9-18/h6-13H,4-5,14-16H2,1-3H3,(H,25,27). The smallest absolute Gasteiger partial charge is 0.268 e. The quantitative estimate of drug-likeness (QED) is 0.570. The summed E-state index contributed by atoms with van der Waals surface area (Å²) >= 11 is 0. The van der Waals surface area contributed by atoms with Gasteiger partial charge in [-0.15, -0.1) is 0 Å². The van der Waals surface area contributed by atoms with Crippen LogP contribution in [0.25, 0.3) is 4.91 Å². The molecule has 9 heteroatoms. The van der Waals surface area contributed by atoms with Crippen LogP contribution in [0.5, 0.6) is 11.5 Å². The number of nitrogens with one attached hydrogen (secondary N) is 1. The minimum atomic E-state index is -4.16. The van der Waals surface area contributed by atoms with E-state index in [-0.39, 0.29) is 23.4 Å². The third-order valence-electron chi connectivity index (χ3n) is 5.19. The molecule has 1 heterocycles. The highest BCUT2D eigenvalue weighted by atomic mass is 32.2. The van der Waals surface area contributed by atoms with E-state index < -0.39 is 28.4 Å². The molecule has 2 aromatic rings. The van der Waals surface area contributed by atoms with Crippen molar-refractivity contribution in [3.63, 3.8) is 0 Å². The van der Waals surface area contributed by atoms with Crippen molar-refractivity contribution in [3.05, 3.63) is 65.2 Å². The Labute approximate surface area is 194 Å². The summed E-state index contributed by atoms with van der Waals surface area (Å²) in [5, 5.41) is 2.68. The van der Waals surface area contributed by atoms with Crippen molar-refractivity contribution in [3.8, 4) is 11.5 Å². The highest BCUT2D eigenvalue weighted by Crippen LogP contribution is 2.37. The molecule has 0 radical (unpaired) electrons. The molecule has 0 unspecified atom stereocenters. The minimum Gasteiger partial charge on any atom is -0.497 e. The Balaban J connectivity index is 1.69. The minimum absolute atomic E-state index is 0.0619. The number of methoxy groups -OCH3 is 1. The van der Waals surface area contributed by atoms with Crippen molar-refractivity contribution >= 4 is 26.7 Å². The first-order valence-electron chi connectivity index (χ1n) is 10.7. The number of amides is 2. The van der Waals surface area contributed by atoms with Gasteiger partial charge in [-0.2, -0.15) is 0 Å². The molecule has 0 saturated carbocycles. The van der Waals surface area contributed by atoms with Crippen LogP contribution in [0, 0.1) is 0 Å². The van der Waals surface area contributed by atoms with Crippen LogP contribution in [0.1, 0.15) is 37.8 Å². The molecule has 0 aromatic heterocycles. The lowest BCUT2D eigenvalue weighted by Crippen LogP contribution is -2.41. The summed E-state index contributed by atoms with van der Waals surface area (Å²) < 4.78 is 37.7. The summed E-state index contributed by atoms with van der Waals surface area (Å²) in [4.78, 5) is 25.3. The lowest BCUT2D eigenvalue weighted by molar-refractivity contribution is -0.128. The second-order valence-corrected chi connectivity index (χ2v) is 9.27. The van der Waals surface area contributed by atoms with E-state index in [4.69, 9.17) is 9.47 Å². The lowest BCUT2D eigenvalue weighted by Gasteiger charge is -2.16. The fourth-order valence-electron chi connectivity index (χ4n) is 3.47. The Morgan fingerprint density at radius 3 is 2.21 bits per heavy atom. The van der Waals surface area contributed by atoms with E-state index in [1.807, 2.05) is 31.2 Å². The number of ether oxygens (including phenoxy) is 2. The summed E-state index contributed by atoms with van der Waals surface area (Å²) in [6.45, 7) is 3.98. The molecule has 8 nitrogen and oxygen atoms in total. The van der Waals surface area contributed by atoms with E-state index in [1.165, 1.54) is 7.11 Å². The Kier molecular flexibility index (Phi) is 7.75. The zero-order valence-electron chi connectivity index (χ0n) is 19.0. The van der Waals surface area contributed by atoms with E-state index in [0.717, 1.165) is 17.7 Å². The van der Waals surface area contributed by atoms with Gasteiger partial charge in [0, 0.05) is 12.1 Å². The van der Waals surface area contributed by atoms with Gasteiger partial charge in [-0.05, 0) is 60.4 Å². The number of sulfonamides is 1. The van der Waals surface area contributed by atoms with E-state index in [2.05, 4.69) is 5.32 Å². The molecule has 0 atom stereocenters. The SMILES string of the molecule is CCCOc1ccc(CNC(=O)CN2C(=O)C(CC)=C(c3ccc(OC)cc3)S2(=O)=O)cc1. The van der Waals surface area contributed by atoms with Crippen molar-refractivity contribution < 1.29 is 27.5 Å². The van der Waals surface area contributed by atoms with Crippen molar-refractivity contribution in [2.75, 3.05) is 20.3 Å². The normalized spacial score (nSPS) is 15.0. The van der Waals surface area contributed by atoms with Gasteiger partial charge in [-0.25, -0.2) is 12.7 Å². The van der Waals surface area contributed by atoms with Gasteiger partial charge in [0.25, 0.3) is 15.9 Å². The first-order chi connectivity index (χ1) is 15.8. The van der Waals surface area contributed by atoms with Crippen LogP contribution in [0.3, 0.4) is 0 Å². The Morgan fingerprint density at radius 1 is 1.00 bits per heavy atom. The third-order valence-corrected chi connectivity index (χ3v) is 7.06. The maximum Gasteiger partial charge on any atom is 0.268 e. The summed E-state index contributed by atoms with van der Waals surface area (Å²) in [5.41, 5.74) is 1.37. The molecule has 0 saturated heterocycles. The second-order valence-electron chi connectivity index (χ2n) is 7.48. The fraction of sp³-hybridized carbons (Fsp3) is 0.333. The summed E-state index contributed by atoms with van der Waals surface area (Å²) in [5.74, 6) is 0.0748.